The first-order valence-corrected chi connectivity index (χ1v) is 5.82. The Balaban J connectivity index is -0.000000174. The van der Waals surface area contributed by atoms with Gasteiger partial charge in [0.1, 0.15) is 0 Å². The molecule has 0 nitrogen and oxygen atoms in total. The van der Waals surface area contributed by atoms with Gasteiger partial charge in [-0.1, -0.05) is 76.9 Å². The van der Waals surface area contributed by atoms with Crippen molar-refractivity contribution in [1.29, 1.82) is 0 Å². The summed E-state index contributed by atoms with van der Waals surface area (Å²) >= 11 is 0. The summed E-state index contributed by atoms with van der Waals surface area (Å²) < 4.78 is 0. The predicted molar refractivity (Wildman–Crippen MR) is 70.0 cm³/mol. The van der Waals surface area contributed by atoms with E-state index in [0.717, 1.165) is 0 Å². The highest BCUT2D eigenvalue weighted by Gasteiger charge is 1.79. The Hall–Kier alpha value is -0.780. The van der Waals surface area contributed by atoms with Crippen LogP contribution >= 0.6 is 0 Å². The van der Waals surface area contributed by atoms with Gasteiger partial charge in [-0.3, -0.25) is 0 Å². The summed E-state index contributed by atoms with van der Waals surface area (Å²) in [4.78, 5) is 0. The smallest absolute Gasteiger partial charge is 0.0398 e. The first kappa shape index (κ1) is 18.9. The van der Waals surface area contributed by atoms with E-state index in [1.165, 1.54) is 11.1 Å². The summed E-state index contributed by atoms with van der Waals surface area (Å²) in [6, 6.07) is 8.48. The van der Waals surface area contributed by atoms with Gasteiger partial charge in [-0.2, -0.15) is 0 Å². The van der Waals surface area contributed by atoms with Crippen molar-refractivity contribution in [2.24, 2.45) is 0 Å². The fourth-order valence-corrected chi connectivity index (χ4v) is 0.637. The first-order chi connectivity index (χ1) is 6.79. The van der Waals surface area contributed by atoms with Crippen molar-refractivity contribution in [2.75, 3.05) is 0 Å². The Morgan fingerprint density at radius 3 is 0.786 bits per heavy atom. The highest BCUT2D eigenvalue weighted by Crippen LogP contribution is 1.99. The zero-order valence-corrected chi connectivity index (χ0v) is 11.3. The monoisotopic (exact) mass is 196 g/mol. The number of rotatable bonds is 0. The van der Waals surface area contributed by atoms with Crippen LogP contribution < -0.4 is 0 Å². The maximum Gasteiger partial charge on any atom is -0.0398 e. The van der Waals surface area contributed by atoms with Crippen molar-refractivity contribution < 1.29 is 0 Å². The fraction of sp³-hybridized carbons (Fsp3) is 0.571. The lowest BCUT2D eigenvalue weighted by Crippen LogP contribution is -1.70. The third-order valence-electron chi connectivity index (χ3n) is 1.22. The second-order valence-corrected chi connectivity index (χ2v) is 2.15. The average Bonchev–Trinajstić information content (AvgIpc) is 2.31. The minimum absolute atomic E-state index is 1.33. The van der Waals surface area contributed by atoms with E-state index in [0.29, 0.717) is 0 Å². The van der Waals surface area contributed by atoms with Crippen LogP contribution in [0.5, 0.6) is 0 Å². The van der Waals surface area contributed by atoms with Gasteiger partial charge in [0.15, 0.2) is 0 Å². The molecule has 0 aromatic heterocycles. The van der Waals surface area contributed by atoms with Crippen molar-refractivity contribution in [1.82, 2.24) is 0 Å². The molecule has 0 unspecified atom stereocenters. The third-order valence-corrected chi connectivity index (χ3v) is 1.22. The lowest BCUT2D eigenvalue weighted by molar-refractivity contribution is 1.40. The Morgan fingerprint density at radius 1 is 0.500 bits per heavy atom. The topological polar surface area (TPSA) is 0 Å². The summed E-state index contributed by atoms with van der Waals surface area (Å²) in [6.07, 6.45) is 0. The molecule has 0 amide bonds. The molecule has 0 saturated carbocycles. The molecule has 0 aliphatic carbocycles. The van der Waals surface area contributed by atoms with Crippen molar-refractivity contribution in [2.45, 2.75) is 55.4 Å². The van der Waals surface area contributed by atoms with Crippen molar-refractivity contribution in [3.05, 3.63) is 35.4 Å². The molecule has 0 radical (unpaired) electrons. The zero-order valence-electron chi connectivity index (χ0n) is 11.3. The molecule has 0 fully saturated rings. The molecule has 84 valence electrons. The van der Waals surface area contributed by atoms with E-state index in [4.69, 9.17) is 0 Å². The lowest BCUT2D eigenvalue weighted by Gasteiger charge is -1.90. The van der Waals surface area contributed by atoms with Crippen LogP contribution in [-0.4, -0.2) is 0 Å². The Morgan fingerprint density at radius 2 is 0.643 bits per heavy atom. The molecule has 0 aliphatic heterocycles. The second kappa shape index (κ2) is 18.1. The summed E-state index contributed by atoms with van der Waals surface area (Å²) in [5.41, 5.74) is 2.66. The number of aryl methyl sites for hydroxylation is 2. The van der Waals surface area contributed by atoms with E-state index in [1.54, 1.807) is 0 Å². The highest BCUT2D eigenvalue weighted by molar-refractivity contribution is 5.19. The Kier molecular flexibility index (Phi) is 24.4. The third kappa shape index (κ3) is 13.8. The van der Waals surface area contributed by atoms with Crippen LogP contribution in [0.4, 0.5) is 0 Å². The molecular weight excluding hydrogens is 168 g/mol. The normalized spacial score (nSPS) is 6.57. The molecule has 0 bridgehead atoms. The van der Waals surface area contributed by atoms with E-state index in [2.05, 4.69) is 38.1 Å². The molecule has 1 aromatic carbocycles. The van der Waals surface area contributed by atoms with Crippen LogP contribution in [-0.2, 0) is 0 Å². The molecule has 0 spiro atoms. The molecule has 0 heteroatoms. The van der Waals surface area contributed by atoms with Crippen molar-refractivity contribution in [3.8, 4) is 0 Å². The van der Waals surface area contributed by atoms with Gasteiger partial charge in [-0.25, -0.2) is 0 Å². The quantitative estimate of drug-likeness (QED) is 0.522. The van der Waals surface area contributed by atoms with E-state index in [1.807, 2.05) is 41.5 Å². The molecule has 1 rings (SSSR count). The largest absolute Gasteiger partial charge is 0.0683 e. The molecular formula is C14H28. The molecule has 0 saturated heterocycles. The summed E-state index contributed by atoms with van der Waals surface area (Å²) in [7, 11) is 0. The van der Waals surface area contributed by atoms with Crippen molar-refractivity contribution >= 4 is 0 Å². The summed E-state index contributed by atoms with van der Waals surface area (Å²) in [5, 5.41) is 0. The minimum Gasteiger partial charge on any atom is -0.0683 e. The van der Waals surface area contributed by atoms with Crippen LogP contribution in [0.3, 0.4) is 0 Å². The van der Waals surface area contributed by atoms with Gasteiger partial charge in [-0.15, -0.1) is 0 Å². The van der Waals surface area contributed by atoms with E-state index >= 15 is 0 Å². The molecule has 14 heavy (non-hydrogen) atoms. The average molecular weight is 196 g/mol. The fourth-order valence-electron chi connectivity index (χ4n) is 0.637. The number of benzene rings is 1. The number of hydrogen-bond donors (Lipinski definition) is 0. The highest BCUT2D eigenvalue weighted by atomic mass is 13.9. The van der Waals surface area contributed by atoms with Gasteiger partial charge in [0.05, 0.1) is 0 Å². The van der Waals surface area contributed by atoms with Gasteiger partial charge in [0.2, 0.25) is 0 Å². The Labute approximate surface area is 91.4 Å². The lowest BCUT2D eigenvalue weighted by atomic mass is 10.2. The van der Waals surface area contributed by atoms with Gasteiger partial charge in [0, 0.05) is 0 Å². The second-order valence-electron chi connectivity index (χ2n) is 2.15. The van der Waals surface area contributed by atoms with Gasteiger partial charge < -0.3 is 0 Å². The first-order valence-electron chi connectivity index (χ1n) is 5.82. The summed E-state index contributed by atoms with van der Waals surface area (Å²) in [6.45, 7) is 16.2. The summed E-state index contributed by atoms with van der Waals surface area (Å²) in [5.74, 6) is 0. The molecule has 0 aliphatic rings. The van der Waals surface area contributed by atoms with Gasteiger partial charge in [0.25, 0.3) is 0 Å². The number of hydrogen-bond acceptors (Lipinski definition) is 0. The standard InChI is InChI=1S/C8H10.3C2H6/c1-7-3-5-8(2)6-4-7;3*1-2/h3-6H,1-2H3;3*1-2H3. The van der Waals surface area contributed by atoms with Crippen LogP contribution in [0.25, 0.3) is 0 Å². The van der Waals surface area contributed by atoms with Crippen LogP contribution in [0, 0.1) is 13.8 Å². The van der Waals surface area contributed by atoms with Gasteiger partial charge in [-0.05, 0) is 13.8 Å². The maximum absolute atomic E-state index is 2.12. The Bertz CT molecular complexity index is 139. The SMILES string of the molecule is CC.CC.CC.Cc1ccc(C)cc1. The molecule has 1 aromatic rings. The van der Waals surface area contributed by atoms with Crippen molar-refractivity contribution in [3.63, 3.8) is 0 Å². The van der Waals surface area contributed by atoms with E-state index < -0.39 is 0 Å². The van der Waals surface area contributed by atoms with Crippen LogP contribution in [0.15, 0.2) is 24.3 Å². The molecule has 0 N–H and O–H groups in total. The van der Waals surface area contributed by atoms with E-state index in [9.17, 15) is 0 Å². The van der Waals surface area contributed by atoms with Crippen LogP contribution in [0.2, 0.25) is 0 Å². The van der Waals surface area contributed by atoms with Crippen LogP contribution in [0.1, 0.15) is 52.7 Å². The zero-order chi connectivity index (χ0) is 12.0. The predicted octanol–water partition coefficient (Wildman–Crippen LogP) is 5.38. The van der Waals surface area contributed by atoms with Gasteiger partial charge >= 0.3 is 0 Å². The minimum atomic E-state index is 1.33. The maximum atomic E-state index is 2.12. The molecule has 0 atom stereocenters. The molecule has 0 heterocycles. The van der Waals surface area contributed by atoms with E-state index in [-0.39, 0.29) is 0 Å².